The predicted octanol–water partition coefficient (Wildman–Crippen LogP) is 2.25. The largest absolute Gasteiger partial charge is 0.384 e. The summed E-state index contributed by atoms with van der Waals surface area (Å²) in [6, 6.07) is 4.42. The van der Waals surface area contributed by atoms with E-state index in [4.69, 9.17) is 17.3 Å². The van der Waals surface area contributed by atoms with E-state index in [0.29, 0.717) is 22.1 Å². The Kier molecular flexibility index (Phi) is 2.66. The summed E-state index contributed by atoms with van der Waals surface area (Å²) < 4.78 is 13.6. The lowest BCUT2D eigenvalue weighted by atomic mass is 10.1. The first-order valence-electron chi connectivity index (χ1n) is 4.53. The summed E-state index contributed by atoms with van der Waals surface area (Å²) in [7, 11) is 0. The van der Waals surface area contributed by atoms with Crippen LogP contribution in [0.15, 0.2) is 41.7 Å². The molecule has 1 aromatic carbocycles. The summed E-state index contributed by atoms with van der Waals surface area (Å²) in [5.41, 5.74) is 6.46. The lowest BCUT2D eigenvalue weighted by molar-refractivity contribution is 0.622. The fourth-order valence-electron chi connectivity index (χ4n) is 1.41. The Morgan fingerprint density at radius 2 is 2.19 bits per heavy atom. The molecule has 16 heavy (non-hydrogen) atoms. The molecule has 1 aromatic rings. The third kappa shape index (κ3) is 2.06. The number of nitrogens with two attached hydrogens (primary N) is 1. The van der Waals surface area contributed by atoms with Gasteiger partial charge in [-0.25, -0.2) is 9.38 Å². The van der Waals surface area contributed by atoms with Crippen LogP contribution in [-0.2, 0) is 0 Å². The van der Waals surface area contributed by atoms with Gasteiger partial charge in [-0.15, -0.1) is 0 Å². The molecule has 3 nitrogen and oxygen atoms in total. The lowest BCUT2D eigenvalue weighted by Crippen LogP contribution is -2.22. The van der Waals surface area contributed by atoms with Gasteiger partial charge >= 0.3 is 0 Å². The van der Waals surface area contributed by atoms with Crippen LogP contribution in [0.4, 0.5) is 4.39 Å². The van der Waals surface area contributed by atoms with Crippen LogP contribution in [0, 0.1) is 5.82 Å². The van der Waals surface area contributed by atoms with Crippen molar-refractivity contribution in [2.75, 3.05) is 0 Å². The van der Waals surface area contributed by atoms with Gasteiger partial charge in [-0.05, 0) is 18.2 Å². The molecule has 5 heteroatoms. The quantitative estimate of drug-likeness (QED) is 0.787. The summed E-state index contributed by atoms with van der Waals surface area (Å²) in [6.45, 7) is 3.62. The fraction of sp³-hybridized carbons (Fsp3) is 0. The van der Waals surface area contributed by atoms with E-state index in [2.05, 4.69) is 16.9 Å². The molecule has 82 valence electrons. The molecule has 1 aliphatic heterocycles. The van der Waals surface area contributed by atoms with Gasteiger partial charge in [0.1, 0.15) is 17.5 Å². The number of hydrogen-bond donors (Lipinski definition) is 2. The highest BCUT2D eigenvalue weighted by Crippen LogP contribution is 2.22. The molecule has 0 bridgehead atoms. The Morgan fingerprint density at radius 1 is 1.44 bits per heavy atom. The van der Waals surface area contributed by atoms with Crippen molar-refractivity contribution < 1.29 is 4.39 Å². The normalized spacial score (nSPS) is 15.2. The van der Waals surface area contributed by atoms with Crippen molar-refractivity contribution in [1.82, 2.24) is 5.32 Å². The van der Waals surface area contributed by atoms with E-state index in [9.17, 15) is 4.39 Å². The summed E-state index contributed by atoms with van der Waals surface area (Å²) in [5, 5.41) is 3.18. The summed E-state index contributed by atoms with van der Waals surface area (Å²) in [6.07, 6.45) is 1.54. The molecule has 0 saturated heterocycles. The molecular formula is C11H9ClFN3. The van der Waals surface area contributed by atoms with Crippen molar-refractivity contribution in [3.63, 3.8) is 0 Å². The molecule has 1 aliphatic rings. The smallest absolute Gasteiger partial charge is 0.133 e. The number of rotatable bonds is 1. The Labute approximate surface area is 97.1 Å². The second-order valence-corrected chi connectivity index (χ2v) is 3.73. The van der Waals surface area contributed by atoms with Crippen LogP contribution < -0.4 is 11.1 Å². The molecule has 1 heterocycles. The van der Waals surface area contributed by atoms with Crippen LogP contribution in [0.5, 0.6) is 0 Å². The molecule has 0 aliphatic carbocycles. The topological polar surface area (TPSA) is 50.4 Å². The number of hydrogen-bond acceptors (Lipinski definition) is 3. The van der Waals surface area contributed by atoms with Gasteiger partial charge in [0.15, 0.2) is 0 Å². The highest BCUT2D eigenvalue weighted by Gasteiger charge is 2.12. The third-order valence-electron chi connectivity index (χ3n) is 2.06. The van der Waals surface area contributed by atoms with Crippen molar-refractivity contribution in [3.05, 3.63) is 53.1 Å². The number of nitrogens with zero attached hydrogens (tertiary/aromatic N) is 1. The van der Waals surface area contributed by atoms with E-state index in [1.807, 2.05) is 0 Å². The Balaban J connectivity index is 2.45. The maximum absolute atomic E-state index is 13.6. The number of nitrogens with one attached hydrogen (secondary N) is 1. The van der Waals surface area contributed by atoms with Crippen molar-refractivity contribution in [2.45, 2.75) is 0 Å². The zero-order valence-electron chi connectivity index (χ0n) is 8.30. The van der Waals surface area contributed by atoms with E-state index >= 15 is 0 Å². The zero-order chi connectivity index (χ0) is 11.7. The second kappa shape index (κ2) is 3.98. The Hall–Kier alpha value is -1.81. The summed E-state index contributed by atoms with van der Waals surface area (Å²) in [4.78, 5) is 3.87. The van der Waals surface area contributed by atoms with Crippen molar-refractivity contribution in [3.8, 4) is 0 Å². The highest BCUT2D eigenvalue weighted by atomic mass is 35.5. The van der Waals surface area contributed by atoms with Gasteiger partial charge < -0.3 is 11.1 Å². The molecule has 3 N–H and O–H groups in total. The fourth-order valence-corrected chi connectivity index (χ4v) is 1.57. The van der Waals surface area contributed by atoms with Crippen molar-refractivity contribution in [2.24, 2.45) is 10.7 Å². The van der Waals surface area contributed by atoms with Crippen LogP contribution in [0.1, 0.15) is 5.56 Å². The minimum atomic E-state index is -0.422. The van der Waals surface area contributed by atoms with Gasteiger partial charge in [-0.2, -0.15) is 0 Å². The number of amidine groups is 1. The van der Waals surface area contributed by atoms with Crippen LogP contribution in [0.25, 0.3) is 5.70 Å². The van der Waals surface area contributed by atoms with Crippen LogP contribution in [-0.4, -0.2) is 5.84 Å². The second-order valence-electron chi connectivity index (χ2n) is 3.29. The highest BCUT2D eigenvalue weighted by molar-refractivity contribution is 6.30. The molecule has 0 saturated carbocycles. The summed E-state index contributed by atoms with van der Waals surface area (Å²) in [5.74, 6) is 0.242. The minimum absolute atomic E-state index is 0.285. The van der Waals surface area contributed by atoms with Crippen LogP contribution in [0.2, 0.25) is 5.02 Å². The number of benzene rings is 1. The van der Waals surface area contributed by atoms with Crippen molar-refractivity contribution >= 4 is 23.1 Å². The van der Waals surface area contributed by atoms with E-state index < -0.39 is 5.82 Å². The van der Waals surface area contributed by atoms with Gasteiger partial charge in [-0.1, -0.05) is 18.2 Å². The SMILES string of the molecule is C=C1N=C(N)C=C(c2ccc(Cl)cc2F)N1. The number of halogens is 2. The van der Waals surface area contributed by atoms with Gasteiger partial charge in [0.05, 0.1) is 5.70 Å². The zero-order valence-corrected chi connectivity index (χ0v) is 9.05. The van der Waals surface area contributed by atoms with E-state index in [-0.39, 0.29) is 5.84 Å². The minimum Gasteiger partial charge on any atom is -0.384 e. The Bertz CT molecular complexity index is 520. The first-order chi connectivity index (χ1) is 7.56. The predicted molar refractivity (Wildman–Crippen MR) is 63.3 cm³/mol. The average Bonchev–Trinajstić information content (AvgIpc) is 2.15. The monoisotopic (exact) mass is 237 g/mol. The van der Waals surface area contributed by atoms with Crippen LogP contribution in [0.3, 0.4) is 0 Å². The Morgan fingerprint density at radius 3 is 2.81 bits per heavy atom. The third-order valence-corrected chi connectivity index (χ3v) is 2.29. The number of aliphatic imine (C=N–C) groups is 1. The first kappa shape index (κ1) is 10.7. The molecular weight excluding hydrogens is 229 g/mol. The average molecular weight is 238 g/mol. The maximum atomic E-state index is 13.6. The molecule has 0 fully saturated rings. The molecule has 2 rings (SSSR count). The first-order valence-corrected chi connectivity index (χ1v) is 4.91. The molecule has 0 unspecified atom stereocenters. The van der Waals surface area contributed by atoms with Crippen molar-refractivity contribution in [1.29, 1.82) is 0 Å². The molecule has 0 aromatic heterocycles. The van der Waals surface area contributed by atoms with E-state index in [1.54, 1.807) is 18.2 Å². The summed E-state index contributed by atoms with van der Waals surface area (Å²) >= 11 is 5.67. The molecule has 0 radical (unpaired) electrons. The van der Waals surface area contributed by atoms with Gasteiger partial charge in [0.2, 0.25) is 0 Å². The van der Waals surface area contributed by atoms with Gasteiger partial charge in [0, 0.05) is 16.7 Å². The molecule has 0 amide bonds. The van der Waals surface area contributed by atoms with E-state index in [1.165, 1.54) is 6.07 Å². The van der Waals surface area contributed by atoms with Crippen LogP contribution >= 0.6 is 11.6 Å². The lowest BCUT2D eigenvalue weighted by Gasteiger charge is -2.16. The maximum Gasteiger partial charge on any atom is 0.133 e. The molecule has 0 atom stereocenters. The van der Waals surface area contributed by atoms with Gasteiger partial charge in [-0.3, -0.25) is 0 Å². The van der Waals surface area contributed by atoms with E-state index in [0.717, 1.165) is 0 Å². The standard InChI is InChI=1S/C11H9ClFN3/c1-6-15-10(5-11(14)16-6)8-3-2-7(12)4-9(8)13/h2-5,15H,1H2,(H2,14,16). The van der Waals surface area contributed by atoms with Gasteiger partial charge in [0.25, 0.3) is 0 Å². The molecule has 0 spiro atoms.